The molecular formula is C26H29N5OS. The molecule has 170 valence electrons. The molecule has 3 heterocycles. The molecule has 1 aliphatic carbocycles. The molecule has 6 nitrogen and oxygen atoms in total. The number of nitrogens with zero attached hydrogens (tertiary/aromatic N) is 3. The third-order valence-corrected chi connectivity index (χ3v) is 6.96. The number of hydrogen-bond acceptors (Lipinski definition) is 3. The zero-order chi connectivity index (χ0) is 22.8. The van der Waals surface area contributed by atoms with E-state index in [9.17, 15) is 4.79 Å². The molecule has 1 aromatic carbocycles. The van der Waals surface area contributed by atoms with E-state index in [2.05, 4.69) is 49.5 Å². The van der Waals surface area contributed by atoms with E-state index in [0.717, 1.165) is 17.1 Å². The summed E-state index contributed by atoms with van der Waals surface area (Å²) in [6.45, 7) is 1.51. The lowest BCUT2D eigenvalue weighted by atomic mass is 9.94. The van der Waals surface area contributed by atoms with Gasteiger partial charge in [-0.3, -0.25) is 9.78 Å². The lowest BCUT2D eigenvalue weighted by Crippen LogP contribution is -2.31. The highest BCUT2D eigenvalue weighted by atomic mass is 32.1. The Labute approximate surface area is 200 Å². The maximum absolute atomic E-state index is 11.4. The van der Waals surface area contributed by atoms with Crippen molar-refractivity contribution in [1.29, 1.82) is 0 Å². The van der Waals surface area contributed by atoms with Crippen LogP contribution in [0.15, 0.2) is 67.0 Å². The molecular weight excluding hydrogens is 430 g/mol. The second-order valence-electron chi connectivity index (χ2n) is 8.86. The van der Waals surface area contributed by atoms with Crippen molar-refractivity contribution in [2.45, 2.75) is 57.2 Å². The van der Waals surface area contributed by atoms with E-state index in [4.69, 9.17) is 12.2 Å². The van der Waals surface area contributed by atoms with Gasteiger partial charge in [-0.1, -0.05) is 25.3 Å². The predicted molar refractivity (Wildman–Crippen MR) is 135 cm³/mol. The van der Waals surface area contributed by atoms with Gasteiger partial charge in [0.15, 0.2) is 5.11 Å². The number of anilines is 2. The van der Waals surface area contributed by atoms with Crippen LogP contribution in [0.25, 0.3) is 0 Å². The quantitative estimate of drug-likeness (QED) is 0.492. The number of rotatable bonds is 5. The minimum Gasteiger partial charge on any atom is -0.351 e. The Morgan fingerprint density at radius 2 is 1.85 bits per heavy atom. The fourth-order valence-electron chi connectivity index (χ4n) is 5.19. The molecule has 33 heavy (non-hydrogen) atoms. The van der Waals surface area contributed by atoms with Gasteiger partial charge in [0.05, 0.1) is 11.7 Å². The zero-order valence-electron chi connectivity index (χ0n) is 18.8. The van der Waals surface area contributed by atoms with Crippen LogP contribution in [0.3, 0.4) is 0 Å². The van der Waals surface area contributed by atoms with Gasteiger partial charge < -0.3 is 20.1 Å². The minimum absolute atomic E-state index is 0.0315. The normalized spacial score (nSPS) is 21.1. The van der Waals surface area contributed by atoms with Crippen LogP contribution in [-0.4, -0.2) is 20.6 Å². The number of aromatic nitrogens is 2. The molecule has 2 N–H and O–H groups in total. The monoisotopic (exact) mass is 459 g/mol. The average molecular weight is 460 g/mol. The molecule has 0 bridgehead atoms. The molecule has 0 radical (unpaired) electrons. The predicted octanol–water partition coefficient (Wildman–Crippen LogP) is 5.52. The smallest absolute Gasteiger partial charge is 0.221 e. The highest BCUT2D eigenvalue weighted by Crippen LogP contribution is 2.43. The second-order valence-corrected chi connectivity index (χ2v) is 9.24. The summed E-state index contributed by atoms with van der Waals surface area (Å²) in [5.41, 5.74) is 3.98. The first-order chi connectivity index (χ1) is 16.1. The van der Waals surface area contributed by atoms with Crippen molar-refractivity contribution >= 4 is 34.6 Å². The van der Waals surface area contributed by atoms with E-state index < -0.39 is 0 Å². The van der Waals surface area contributed by atoms with Crippen molar-refractivity contribution in [2.24, 2.45) is 0 Å². The van der Waals surface area contributed by atoms with E-state index >= 15 is 0 Å². The zero-order valence-corrected chi connectivity index (χ0v) is 19.6. The van der Waals surface area contributed by atoms with E-state index in [1.807, 2.05) is 42.6 Å². The number of nitrogens with one attached hydrogen (secondary N) is 2. The van der Waals surface area contributed by atoms with Crippen LogP contribution < -0.4 is 15.5 Å². The summed E-state index contributed by atoms with van der Waals surface area (Å²) in [5, 5.41) is 7.07. The van der Waals surface area contributed by atoms with E-state index in [-0.39, 0.29) is 18.0 Å². The number of amides is 1. The Kier molecular flexibility index (Phi) is 6.13. The maximum atomic E-state index is 11.4. The number of pyridine rings is 1. The number of thiocarbonyl (C=S) groups is 1. The van der Waals surface area contributed by atoms with Crippen molar-refractivity contribution in [2.75, 3.05) is 10.2 Å². The highest BCUT2D eigenvalue weighted by molar-refractivity contribution is 7.80. The summed E-state index contributed by atoms with van der Waals surface area (Å²) in [5.74, 6) is -0.0838. The van der Waals surface area contributed by atoms with Gasteiger partial charge in [-0.05, 0) is 73.6 Å². The molecule has 0 spiro atoms. The Morgan fingerprint density at radius 1 is 1.06 bits per heavy atom. The summed E-state index contributed by atoms with van der Waals surface area (Å²) in [6.07, 6.45) is 10.4. The average Bonchev–Trinajstić information content (AvgIpc) is 3.45. The van der Waals surface area contributed by atoms with Crippen LogP contribution >= 0.6 is 12.2 Å². The molecule has 3 aromatic rings. The standard InChI is InChI=1S/C26H29N5OS/c1-18(32)28-19-12-14-21(15-13-19)31-25(24(29-26(31)33)22-10-5-6-16-27-22)23-11-7-17-30(23)20-8-3-2-4-9-20/h5-7,10-17,20,24-25H,2-4,8-9H2,1H3,(H,28,32)(H,29,33)/t24-,25+/m0/s1. The highest BCUT2D eigenvalue weighted by Gasteiger charge is 2.42. The van der Waals surface area contributed by atoms with E-state index in [1.54, 1.807) is 0 Å². The summed E-state index contributed by atoms with van der Waals surface area (Å²) in [7, 11) is 0. The van der Waals surface area contributed by atoms with Crippen LogP contribution in [0.1, 0.15) is 68.5 Å². The number of carbonyl (C=O) groups excluding carboxylic acids is 1. The van der Waals surface area contributed by atoms with Gasteiger partial charge in [0.25, 0.3) is 0 Å². The first-order valence-corrected chi connectivity index (χ1v) is 12.1. The number of hydrogen-bond donors (Lipinski definition) is 2. The molecule has 1 saturated carbocycles. The SMILES string of the molecule is CC(=O)Nc1ccc(N2C(=S)N[C@@H](c3ccccn3)[C@H]2c2cccn2C2CCCCC2)cc1. The van der Waals surface area contributed by atoms with Gasteiger partial charge in [-0.25, -0.2) is 0 Å². The van der Waals surface area contributed by atoms with Crippen molar-refractivity contribution in [3.8, 4) is 0 Å². The number of carbonyl (C=O) groups is 1. The molecule has 1 aliphatic heterocycles. The van der Waals surface area contributed by atoms with E-state index in [0.29, 0.717) is 11.2 Å². The summed E-state index contributed by atoms with van der Waals surface area (Å²) in [4.78, 5) is 18.3. The third-order valence-electron chi connectivity index (χ3n) is 6.65. The molecule has 5 rings (SSSR count). The summed E-state index contributed by atoms with van der Waals surface area (Å²) >= 11 is 5.86. The molecule has 2 aromatic heterocycles. The van der Waals surface area contributed by atoms with Gasteiger partial charge in [-0.2, -0.15) is 0 Å². The third kappa shape index (κ3) is 4.37. The molecule has 1 amide bonds. The van der Waals surface area contributed by atoms with Gasteiger partial charge in [0.1, 0.15) is 6.04 Å². The largest absolute Gasteiger partial charge is 0.351 e. The van der Waals surface area contributed by atoms with Crippen LogP contribution in [0, 0.1) is 0 Å². The van der Waals surface area contributed by atoms with Crippen molar-refractivity contribution in [1.82, 2.24) is 14.9 Å². The molecule has 2 fully saturated rings. The van der Waals surface area contributed by atoms with Crippen LogP contribution in [0.2, 0.25) is 0 Å². The first-order valence-electron chi connectivity index (χ1n) is 11.7. The maximum Gasteiger partial charge on any atom is 0.221 e. The lowest BCUT2D eigenvalue weighted by Gasteiger charge is -2.32. The fourth-order valence-corrected chi connectivity index (χ4v) is 5.54. The first kappa shape index (κ1) is 21.6. The molecule has 7 heteroatoms. The van der Waals surface area contributed by atoms with E-state index in [1.165, 1.54) is 44.7 Å². The fraction of sp³-hybridized carbons (Fsp3) is 0.346. The Hall–Kier alpha value is -3.19. The molecule has 1 saturated heterocycles. The summed E-state index contributed by atoms with van der Waals surface area (Å²) in [6, 6.07) is 18.7. The van der Waals surface area contributed by atoms with Gasteiger partial charge in [0.2, 0.25) is 5.91 Å². The van der Waals surface area contributed by atoms with Crippen molar-refractivity contribution in [3.63, 3.8) is 0 Å². The molecule has 0 unspecified atom stereocenters. The minimum atomic E-state index is -0.0838. The van der Waals surface area contributed by atoms with Crippen molar-refractivity contribution in [3.05, 3.63) is 78.4 Å². The Bertz CT molecular complexity index is 1120. The van der Waals surface area contributed by atoms with Crippen LogP contribution in [-0.2, 0) is 4.79 Å². The molecule has 2 aliphatic rings. The van der Waals surface area contributed by atoms with Gasteiger partial charge >= 0.3 is 0 Å². The van der Waals surface area contributed by atoms with Crippen LogP contribution in [0.5, 0.6) is 0 Å². The topological polar surface area (TPSA) is 62.2 Å². The van der Waals surface area contributed by atoms with Gasteiger partial charge in [0, 0.05) is 42.4 Å². The Balaban J connectivity index is 1.56. The lowest BCUT2D eigenvalue weighted by molar-refractivity contribution is -0.114. The second kappa shape index (κ2) is 9.35. The number of benzene rings is 1. The molecule has 2 atom stereocenters. The Morgan fingerprint density at radius 3 is 2.55 bits per heavy atom. The van der Waals surface area contributed by atoms with Gasteiger partial charge in [-0.15, -0.1) is 0 Å². The van der Waals surface area contributed by atoms with Crippen molar-refractivity contribution < 1.29 is 4.79 Å². The summed E-state index contributed by atoms with van der Waals surface area (Å²) < 4.78 is 2.47. The van der Waals surface area contributed by atoms with Crippen LogP contribution in [0.4, 0.5) is 11.4 Å².